The molecule has 18 heavy (non-hydrogen) atoms. The normalized spacial score (nSPS) is 10.4. The van der Waals surface area contributed by atoms with Gasteiger partial charge in [-0.1, -0.05) is 30.3 Å². The predicted molar refractivity (Wildman–Crippen MR) is 69.6 cm³/mol. The lowest BCUT2D eigenvalue weighted by atomic mass is 10.2. The van der Waals surface area contributed by atoms with Crippen LogP contribution in [0.4, 0.5) is 5.82 Å². The fraction of sp³-hybridized carbons (Fsp3) is 0. The number of hydrogen-bond acceptors (Lipinski definition) is 4. The summed E-state index contributed by atoms with van der Waals surface area (Å²) in [5, 5.41) is 0. The number of nitrogens with two attached hydrogens (primary N) is 1. The molecule has 0 radical (unpaired) electrons. The largest absolute Gasteiger partial charge is 0.463 e. The van der Waals surface area contributed by atoms with Crippen molar-refractivity contribution in [2.24, 2.45) is 0 Å². The van der Waals surface area contributed by atoms with Crippen LogP contribution in [0.3, 0.4) is 0 Å². The van der Waals surface area contributed by atoms with Crippen LogP contribution in [0, 0.1) is 0 Å². The molecule has 0 unspecified atom stereocenters. The molecule has 2 aromatic heterocycles. The van der Waals surface area contributed by atoms with Crippen LogP contribution in [0.15, 0.2) is 59.2 Å². The van der Waals surface area contributed by atoms with Gasteiger partial charge in [-0.05, 0) is 12.1 Å². The Morgan fingerprint density at radius 1 is 0.944 bits per heavy atom. The van der Waals surface area contributed by atoms with Crippen molar-refractivity contribution in [1.29, 1.82) is 0 Å². The Labute approximate surface area is 104 Å². The van der Waals surface area contributed by atoms with Crippen molar-refractivity contribution in [2.75, 3.05) is 5.73 Å². The molecule has 3 rings (SSSR count). The highest BCUT2D eigenvalue weighted by Crippen LogP contribution is 2.23. The van der Waals surface area contributed by atoms with Crippen LogP contribution in [0.25, 0.3) is 22.8 Å². The van der Waals surface area contributed by atoms with Crippen LogP contribution in [0.2, 0.25) is 0 Å². The monoisotopic (exact) mass is 237 g/mol. The number of furan rings is 1. The van der Waals surface area contributed by atoms with Crippen LogP contribution in [0.5, 0.6) is 0 Å². The van der Waals surface area contributed by atoms with Crippen molar-refractivity contribution in [3.05, 3.63) is 54.8 Å². The summed E-state index contributed by atoms with van der Waals surface area (Å²) < 4.78 is 5.32. The van der Waals surface area contributed by atoms with E-state index < -0.39 is 0 Å². The number of anilines is 1. The van der Waals surface area contributed by atoms with E-state index in [4.69, 9.17) is 10.2 Å². The van der Waals surface area contributed by atoms with Gasteiger partial charge in [0.15, 0.2) is 11.6 Å². The molecule has 0 aliphatic heterocycles. The molecule has 2 heterocycles. The molecule has 0 aliphatic rings. The van der Waals surface area contributed by atoms with Crippen LogP contribution >= 0.6 is 0 Å². The second kappa shape index (κ2) is 4.33. The van der Waals surface area contributed by atoms with Gasteiger partial charge in [0.1, 0.15) is 11.5 Å². The van der Waals surface area contributed by atoms with Crippen LogP contribution in [-0.2, 0) is 0 Å². The van der Waals surface area contributed by atoms with Crippen LogP contribution in [-0.4, -0.2) is 9.97 Å². The molecule has 0 saturated carbocycles. The van der Waals surface area contributed by atoms with Crippen molar-refractivity contribution < 1.29 is 4.42 Å². The lowest BCUT2D eigenvalue weighted by molar-refractivity contribution is 0.580. The quantitative estimate of drug-likeness (QED) is 0.744. The number of benzene rings is 1. The molecule has 88 valence electrons. The lowest BCUT2D eigenvalue weighted by Crippen LogP contribution is -1.97. The Morgan fingerprint density at radius 2 is 1.78 bits per heavy atom. The van der Waals surface area contributed by atoms with Crippen LogP contribution < -0.4 is 5.73 Å². The predicted octanol–water partition coefficient (Wildman–Crippen LogP) is 2.99. The SMILES string of the molecule is Nc1cc(-c2ccco2)nc(-c2ccccc2)n1. The minimum absolute atomic E-state index is 0.426. The summed E-state index contributed by atoms with van der Waals surface area (Å²) in [5.41, 5.74) is 7.42. The summed E-state index contributed by atoms with van der Waals surface area (Å²) in [5.74, 6) is 1.71. The first-order valence-electron chi connectivity index (χ1n) is 5.57. The summed E-state index contributed by atoms with van der Waals surface area (Å²) in [6.45, 7) is 0. The number of hydrogen-bond donors (Lipinski definition) is 1. The highest BCUT2D eigenvalue weighted by molar-refractivity contribution is 5.63. The van der Waals surface area contributed by atoms with E-state index in [0.29, 0.717) is 23.1 Å². The summed E-state index contributed by atoms with van der Waals surface area (Å²) in [6.07, 6.45) is 1.61. The van der Waals surface area contributed by atoms with E-state index in [1.807, 2.05) is 42.5 Å². The van der Waals surface area contributed by atoms with E-state index in [1.54, 1.807) is 12.3 Å². The van der Waals surface area contributed by atoms with Gasteiger partial charge in [-0.15, -0.1) is 0 Å². The first kappa shape index (κ1) is 10.5. The molecule has 0 spiro atoms. The van der Waals surface area contributed by atoms with E-state index in [0.717, 1.165) is 5.56 Å². The Morgan fingerprint density at radius 3 is 2.50 bits per heavy atom. The smallest absolute Gasteiger partial charge is 0.162 e. The van der Waals surface area contributed by atoms with Gasteiger partial charge in [0.05, 0.1) is 6.26 Å². The molecule has 2 N–H and O–H groups in total. The number of nitrogens with zero attached hydrogens (tertiary/aromatic N) is 2. The van der Waals surface area contributed by atoms with Crippen molar-refractivity contribution in [1.82, 2.24) is 9.97 Å². The van der Waals surface area contributed by atoms with Gasteiger partial charge in [0.2, 0.25) is 0 Å². The zero-order chi connectivity index (χ0) is 12.4. The second-order valence-electron chi connectivity index (χ2n) is 3.84. The van der Waals surface area contributed by atoms with Gasteiger partial charge in [0, 0.05) is 11.6 Å². The Balaban J connectivity index is 2.12. The van der Waals surface area contributed by atoms with E-state index >= 15 is 0 Å². The van der Waals surface area contributed by atoms with E-state index in [2.05, 4.69) is 9.97 Å². The van der Waals surface area contributed by atoms with Gasteiger partial charge in [-0.25, -0.2) is 9.97 Å². The molecule has 0 bridgehead atoms. The first-order chi connectivity index (χ1) is 8.83. The molecule has 4 nitrogen and oxygen atoms in total. The Hall–Kier alpha value is -2.62. The maximum absolute atomic E-state index is 5.81. The molecule has 0 saturated heterocycles. The minimum atomic E-state index is 0.426. The molecule has 0 atom stereocenters. The van der Waals surface area contributed by atoms with Crippen molar-refractivity contribution in [2.45, 2.75) is 0 Å². The number of aromatic nitrogens is 2. The fourth-order valence-corrected chi connectivity index (χ4v) is 1.73. The number of nitrogen functional groups attached to an aromatic ring is 1. The van der Waals surface area contributed by atoms with Crippen molar-refractivity contribution in [3.63, 3.8) is 0 Å². The summed E-state index contributed by atoms with van der Waals surface area (Å²) in [7, 11) is 0. The first-order valence-corrected chi connectivity index (χ1v) is 5.57. The van der Waals surface area contributed by atoms with Gasteiger partial charge in [-0.2, -0.15) is 0 Å². The van der Waals surface area contributed by atoms with Gasteiger partial charge >= 0.3 is 0 Å². The third-order valence-electron chi connectivity index (χ3n) is 2.55. The summed E-state index contributed by atoms with van der Waals surface area (Å²) in [6, 6.07) is 15.1. The fourth-order valence-electron chi connectivity index (χ4n) is 1.73. The highest BCUT2D eigenvalue weighted by Gasteiger charge is 2.08. The second-order valence-corrected chi connectivity index (χ2v) is 3.84. The Kier molecular flexibility index (Phi) is 2.53. The van der Waals surface area contributed by atoms with E-state index in [1.165, 1.54) is 0 Å². The number of rotatable bonds is 2. The van der Waals surface area contributed by atoms with Gasteiger partial charge in [0.25, 0.3) is 0 Å². The molecular weight excluding hydrogens is 226 g/mol. The summed E-state index contributed by atoms with van der Waals surface area (Å²) in [4.78, 5) is 8.70. The standard InChI is InChI=1S/C14H11N3O/c15-13-9-11(12-7-4-8-18-12)16-14(17-13)10-5-2-1-3-6-10/h1-9H,(H2,15,16,17). The zero-order valence-corrected chi connectivity index (χ0v) is 9.58. The third-order valence-corrected chi connectivity index (χ3v) is 2.55. The molecule has 0 fully saturated rings. The average molecular weight is 237 g/mol. The molecular formula is C14H11N3O. The van der Waals surface area contributed by atoms with E-state index in [-0.39, 0.29) is 0 Å². The molecule has 0 aliphatic carbocycles. The van der Waals surface area contributed by atoms with Crippen molar-refractivity contribution in [3.8, 4) is 22.8 Å². The minimum Gasteiger partial charge on any atom is -0.463 e. The van der Waals surface area contributed by atoms with Crippen LogP contribution in [0.1, 0.15) is 0 Å². The van der Waals surface area contributed by atoms with Gasteiger partial charge in [-0.3, -0.25) is 0 Å². The summed E-state index contributed by atoms with van der Waals surface area (Å²) >= 11 is 0. The maximum atomic E-state index is 5.81. The average Bonchev–Trinajstić information content (AvgIpc) is 2.93. The molecule has 4 heteroatoms. The molecule has 3 aromatic rings. The molecule has 1 aromatic carbocycles. The molecule has 0 amide bonds. The van der Waals surface area contributed by atoms with Gasteiger partial charge < -0.3 is 10.2 Å². The lowest BCUT2D eigenvalue weighted by Gasteiger charge is -2.04. The van der Waals surface area contributed by atoms with E-state index in [9.17, 15) is 0 Å². The highest BCUT2D eigenvalue weighted by atomic mass is 16.3. The maximum Gasteiger partial charge on any atom is 0.162 e. The third kappa shape index (κ3) is 1.96. The topological polar surface area (TPSA) is 64.9 Å². The van der Waals surface area contributed by atoms with Crippen molar-refractivity contribution >= 4 is 5.82 Å². The Bertz CT molecular complexity index is 648. The zero-order valence-electron chi connectivity index (χ0n) is 9.58.